The highest BCUT2D eigenvalue weighted by Gasteiger charge is 2.22. The van der Waals surface area contributed by atoms with E-state index < -0.39 is 11.7 Å². The number of amides is 1. The largest absolute Gasteiger partial charge is 0.444 e. The Labute approximate surface area is 165 Å². The smallest absolute Gasteiger partial charge is 0.412 e. The number of benzene rings is 1. The molecule has 0 unspecified atom stereocenters. The van der Waals surface area contributed by atoms with Crippen LogP contribution in [0, 0.1) is 13.8 Å². The fourth-order valence-electron chi connectivity index (χ4n) is 3.12. The van der Waals surface area contributed by atoms with E-state index in [0.717, 1.165) is 33.7 Å². The van der Waals surface area contributed by atoms with Gasteiger partial charge >= 0.3 is 6.09 Å². The zero-order valence-electron chi connectivity index (χ0n) is 17.6. The van der Waals surface area contributed by atoms with Crippen LogP contribution in [0.2, 0.25) is 0 Å². The summed E-state index contributed by atoms with van der Waals surface area (Å²) in [5.41, 5.74) is 4.58. The van der Waals surface area contributed by atoms with Gasteiger partial charge in [0, 0.05) is 5.69 Å². The van der Waals surface area contributed by atoms with Crippen LogP contribution in [0.15, 0.2) is 30.3 Å². The van der Waals surface area contributed by atoms with Crippen molar-refractivity contribution in [2.24, 2.45) is 0 Å². The maximum atomic E-state index is 12.4. The van der Waals surface area contributed by atoms with Crippen molar-refractivity contribution in [3.05, 3.63) is 47.3 Å². The number of aromatic nitrogens is 3. The number of carbonyl (C=O) groups is 1. The number of nitrogens with one attached hydrogen (secondary N) is 1. The van der Waals surface area contributed by atoms with E-state index >= 15 is 0 Å². The van der Waals surface area contributed by atoms with Crippen LogP contribution >= 0.6 is 0 Å². The van der Waals surface area contributed by atoms with Crippen molar-refractivity contribution < 1.29 is 9.53 Å². The Balaban J connectivity index is 2.19. The lowest BCUT2D eigenvalue weighted by Gasteiger charge is -2.20. The Hall–Kier alpha value is -2.89. The van der Waals surface area contributed by atoms with E-state index in [1.807, 2.05) is 63.6 Å². The van der Waals surface area contributed by atoms with Gasteiger partial charge in [0.25, 0.3) is 0 Å². The van der Waals surface area contributed by atoms with Crippen LogP contribution in [0.1, 0.15) is 57.5 Å². The Morgan fingerprint density at radius 1 is 1.18 bits per heavy atom. The van der Waals surface area contributed by atoms with Gasteiger partial charge in [-0.25, -0.2) is 14.5 Å². The van der Waals surface area contributed by atoms with Gasteiger partial charge in [-0.1, -0.05) is 26.0 Å². The number of nitrogens with zero attached hydrogens (tertiary/aromatic N) is 3. The van der Waals surface area contributed by atoms with Crippen LogP contribution in [0.5, 0.6) is 0 Å². The highest BCUT2D eigenvalue weighted by Crippen LogP contribution is 2.33. The summed E-state index contributed by atoms with van der Waals surface area (Å²) in [5.74, 6) is 0.164. The third-order valence-corrected chi connectivity index (χ3v) is 4.22. The Morgan fingerprint density at radius 2 is 1.89 bits per heavy atom. The molecule has 1 aromatic carbocycles. The molecule has 0 radical (unpaired) electrons. The molecular weight excluding hydrogens is 352 g/mol. The van der Waals surface area contributed by atoms with Crippen molar-refractivity contribution in [3.63, 3.8) is 0 Å². The van der Waals surface area contributed by atoms with E-state index in [2.05, 4.69) is 25.2 Å². The molecule has 1 amide bonds. The van der Waals surface area contributed by atoms with E-state index in [1.54, 1.807) is 0 Å². The van der Waals surface area contributed by atoms with E-state index in [9.17, 15) is 4.79 Å². The third kappa shape index (κ3) is 4.16. The van der Waals surface area contributed by atoms with Crippen LogP contribution in [0.4, 0.5) is 10.5 Å². The van der Waals surface area contributed by atoms with Gasteiger partial charge in [0.15, 0.2) is 5.65 Å². The number of rotatable bonds is 3. The number of carbonyl (C=O) groups excluding carboxylic acids is 1. The van der Waals surface area contributed by atoms with E-state index in [-0.39, 0.29) is 5.92 Å². The molecule has 0 aliphatic heterocycles. The Bertz CT molecular complexity index is 1030. The second-order valence-electron chi connectivity index (χ2n) is 8.43. The maximum Gasteiger partial charge on any atom is 0.412 e. The predicted octanol–water partition coefficient (Wildman–Crippen LogP) is 5.51. The molecule has 0 aliphatic rings. The molecule has 0 saturated carbocycles. The summed E-state index contributed by atoms with van der Waals surface area (Å²) in [6.45, 7) is 13.6. The molecule has 6 heteroatoms. The number of pyridine rings is 1. The van der Waals surface area contributed by atoms with Gasteiger partial charge in [-0.05, 0) is 64.3 Å². The summed E-state index contributed by atoms with van der Waals surface area (Å²) in [6.07, 6.45) is -0.489. The second kappa shape index (κ2) is 7.26. The molecular formula is C22H28N4O2. The zero-order chi connectivity index (χ0) is 20.6. The number of aryl methyl sites for hydroxylation is 2. The summed E-state index contributed by atoms with van der Waals surface area (Å²) in [7, 11) is 0. The Morgan fingerprint density at radius 3 is 2.50 bits per heavy atom. The molecule has 2 aromatic heterocycles. The minimum Gasteiger partial charge on any atom is -0.444 e. The van der Waals surface area contributed by atoms with Crippen molar-refractivity contribution in [2.45, 2.75) is 60.0 Å². The molecule has 0 saturated heterocycles. The summed E-state index contributed by atoms with van der Waals surface area (Å²) < 4.78 is 7.29. The fraction of sp³-hybridized carbons (Fsp3) is 0.409. The molecule has 0 bridgehead atoms. The van der Waals surface area contributed by atoms with Crippen molar-refractivity contribution in [3.8, 4) is 5.69 Å². The first-order chi connectivity index (χ1) is 13.0. The topological polar surface area (TPSA) is 69.0 Å². The normalized spacial score (nSPS) is 11.9. The lowest BCUT2D eigenvalue weighted by Crippen LogP contribution is -2.27. The van der Waals surface area contributed by atoms with Crippen LogP contribution in [-0.4, -0.2) is 26.5 Å². The monoisotopic (exact) mass is 380 g/mol. The molecule has 0 fully saturated rings. The molecule has 3 rings (SSSR count). The van der Waals surface area contributed by atoms with Crippen molar-refractivity contribution in [1.82, 2.24) is 14.8 Å². The van der Waals surface area contributed by atoms with E-state index in [0.29, 0.717) is 5.69 Å². The molecule has 1 N–H and O–H groups in total. The minimum atomic E-state index is -0.572. The predicted molar refractivity (Wildman–Crippen MR) is 112 cm³/mol. The average Bonchev–Trinajstić information content (AvgIpc) is 2.92. The SMILES string of the molecule is Cc1cccc(-n2nc(C(C)C)c3c(NC(=O)OC(C)(C)C)cc(C)nc32)c1. The standard InChI is InChI=1S/C22H28N4O2/c1-13(2)19-18-17(24-21(27)28-22(5,6)7)12-15(4)23-20(18)26(25-19)16-10-8-9-14(3)11-16/h8-13H,1-7H3,(H,23,24,27). The summed E-state index contributed by atoms with van der Waals surface area (Å²) in [6, 6.07) is 9.99. The number of hydrogen-bond acceptors (Lipinski definition) is 4. The second-order valence-corrected chi connectivity index (χ2v) is 8.43. The molecule has 6 nitrogen and oxygen atoms in total. The van der Waals surface area contributed by atoms with Crippen molar-refractivity contribution in [1.29, 1.82) is 0 Å². The lowest BCUT2D eigenvalue weighted by molar-refractivity contribution is 0.0636. The summed E-state index contributed by atoms with van der Waals surface area (Å²) in [4.78, 5) is 17.1. The van der Waals surface area contributed by atoms with Crippen LogP contribution in [0.25, 0.3) is 16.7 Å². The van der Waals surface area contributed by atoms with Crippen LogP contribution in [-0.2, 0) is 4.74 Å². The number of hydrogen-bond donors (Lipinski definition) is 1. The van der Waals surface area contributed by atoms with Crippen molar-refractivity contribution >= 4 is 22.8 Å². The molecule has 0 atom stereocenters. The molecule has 3 aromatic rings. The quantitative estimate of drug-likeness (QED) is 0.651. The zero-order valence-corrected chi connectivity index (χ0v) is 17.6. The van der Waals surface area contributed by atoms with Gasteiger partial charge in [-0.2, -0.15) is 5.10 Å². The average molecular weight is 380 g/mol. The third-order valence-electron chi connectivity index (χ3n) is 4.22. The first kappa shape index (κ1) is 19.9. The highest BCUT2D eigenvalue weighted by atomic mass is 16.6. The first-order valence-corrected chi connectivity index (χ1v) is 9.52. The maximum absolute atomic E-state index is 12.4. The summed E-state index contributed by atoms with van der Waals surface area (Å²) in [5, 5.41) is 8.59. The van der Waals surface area contributed by atoms with Gasteiger partial charge < -0.3 is 4.74 Å². The van der Waals surface area contributed by atoms with E-state index in [4.69, 9.17) is 14.8 Å². The van der Waals surface area contributed by atoms with Crippen molar-refractivity contribution in [2.75, 3.05) is 5.32 Å². The molecule has 0 aliphatic carbocycles. The fourth-order valence-corrected chi connectivity index (χ4v) is 3.12. The number of fused-ring (bicyclic) bond motifs is 1. The lowest BCUT2D eigenvalue weighted by atomic mass is 10.1. The molecule has 2 heterocycles. The minimum absolute atomic E-state index is 0.164. The van der Waals surface area contributed by atoms with Gasteiger partial charge in [0.1, 0.15) is 5.60 Å². The first-order valence-electron chi connectivity index (χ1n) is 9.52. The van der Waals surface area contributed by atoms with Crippen LogP contribution < -0.4 is 5.32 Å². The number of ether oxygens (including phenoxy) is 1. The summed E-state index contributed by atoms with van der Waals surface area (Å²) >= 11 is 0. The number of anilines is 1. The Kier molecular flexibility index (Phi) is 5.15. The molecule has 28 heavy (non-hydrogen) atoms. The highest BCUT2D eigenvalue weighted by molar-refractivity contribution is 6.00. The van der Waals surface area contributed by atoms with Gasteiger partial charge in [-0.15, -0.1) is 0 Å². The van der Waals surface area contributed by atoms with Crippen LogP contribution in [0.3, 0.4) is 0 Å². The molecule has 0 spiro atoms. The van der Waals surface area contributed by atoms with E-state index in [1.165, 1.54) is 0 Å². The van der Waals surface area contributed by atoms with Gasteiger partial charge in [-0.3, -0.25) is 5.32 Å². The molecule has 148 valence electrons. The van der Waals surface area contributed by atoms with Gasteiger partial charge in [0.2, 0.25) is 0 Å². The van der Waals surface area contributed by atoms with Gasteiger partial charge in [0.05, 0.1) is 22.5 Å².